The van der Waals surface area contributed by atoms with Gasteiger partial charge in [0.1, 0.15) is 11.5 Å². The third-order valence-corrected chi connectivity index (χ3v) is 7.51. The molecule has 0 radical (unpaired) electrons. The van der Waals surface area contributed by atoms with Crippen molar-refractivity contribution >= 4 is 21.6 Å². The molecule has 1 N–H and O–H groups in total. The zero-order valence-electron chi connectivity index (χ0n) is 19.2. The molecule has 1 aliphatic rings. The Morgan fingerprint density at radius 3 is 2.41 bits per heavy atom. The monoisotopic (exact) mass is 480 g/mol. The van der Waals surface area contributed by atoms with Gasteiger partial charge >= 0.3 is 0 Å². The molecule has 0 unspecified atom stereocenters. The number of methoxy groups -OCH3 is 1. The van der Waals surface area contributed by atoms with Crippen LogP contribution in [0.15, 0.2) is 78.9 Å². The second-order valence-electron chi connectivity index (χ2n) is 8.09. The van der Waals surface area contributed by atoms with Crippen molar-refractivity contribution in [3.63, 3.8) is 0 Å². The summed E-state index contributed by atoms with van der Waals surface area (Å²) in [6, 6.07) is 23.1. The van der Waals surface area contributed by atoms with E-state index in [-0.39, 0.29) is 24.2 Å². The lowest BCUT2D eigenvalue weighted by atomic mass is 10.0. The van der Waals surface area contributed by atoms with Crippen LogP contribution in [0.1, 0.15) is 30.5 Å². The Labute approximate surface area is 200 Å². The van der Waals surface area contributed by atoms with Crippen LogP contribution in [0.4, 0.5) is 5.69 Å². The number of amides is 1. The van der Waals surface area contributed by atoms with E-state index in [0.717, 1.165) is 11.3 Å². The quantitative estimate of drug-likeness (QED) is 0.526. The van der Waals surface area contributed by atoms with E-state index in [1.54, 1.807) is 55.6 Å². The summed E-state index contributed by atoms with van der Waals surface area (Å²) in [7, 11) is -2.15. The normalized spacial score (nSPS) is 16.2. The molecule has 7 nitrogen and oxygen atoms in total. The zero-order valence-corrected chi connectivity index (χ0v) is 20.0. The third-order valence-electron chi connectivity index (χ3n) is 5.80. The summed E-state index contributed by atoms with van der Waals surface area (Å²) in [5, 5.41) is 3.02. The predicted molar refractivity (Wildman–Crippen MR) is 131 cm³/mol. The first-order chi connectivity index (χ1) is 16.4. The van der Waals surface area contributed by atoms with Crippen molar-refractivity contribution in [2.45, 2.75) is 31.2 Å². The fourth-order valence-electron chi connectivity index (χ4n) is 3.99. The molecule has 2 atom stereocenters. The van der Waals surface area contributed by atoms with Crippen molar-refractivity contribution in [3.8, 4) is 11.5 Å². The summed E-state index contributed by atoms with van der Waals surface area (Å²) >= 11 is 0. The van der Waals surface area contributed by atoms with Gasteiger partial charge in [0.05, 0.1) is 31.1 Å². The molecule has 0 saturated heterocycles. The Morgan fingerprint density at radius 2 is 1.74 bits per heavy atom. The highest BCUT2D eigenvalue weighted by molar-refractivity contribution is 7.92. The van der Waals surface area contributed by atoms with Crippen molar-refractivity contribution in [2.75, 3.05) is 18.0 Å². The SMILES string of the molecule is CC[C@H](NC(=O)[C@H]1CN(S(=O)(=O)Cc2ccccc2)c2ccccc2O1)c1ccc(OC)cc1. The van der Waals surface area contributed by atoms with Crippen LogP contribution in [0.25, 0.3) is 0 Å². The average molecular weight is 481 g/mol. The Bertz CT molecular complexity index is 1230. The number of para-hydroxylation sites is 2. The maximum absolute atomic E-state index is 13.4. The smallest absolute Gasteiger partial charge is 0.263 e. The van der Waals surface area contributed by atoms with Gasteiger partial charge in [0.15, 0.2) is 6.10 Å². The fraction of sp³-hybridized carbons (Fsp3) is 0.269. The Kier molecular flexibility index (Phi) is 7.07. The molecule has 1 heterocycles. The van der Waals surface area contributed by atoms with Crippen LogP contribution in [-0.4, -0.2) is 34.1 Å². The summed E-state index contributed by atoms with van der Waals surface area (Å²) in [6.45, 7) is 1.87. The summed E-state index contributed by atoms with van der Waals surface area (Å²) in [5.41, 5.74) is 2.05. The van der Waals surface area contributed by atoms with Gasteiger partial charge in [-0.15, -0.1) is 0 Å². The van der Waals surface area contributed by atoms with E-state index < -0.39 is 16.1 Å². The van der Waals surface area contributed by atoms with E-state index >= 15 is 0 Å². The molecule has 34 heavy (non-hydrogen) atoms. The van der Waals surface area contributed by atoms with Gasteiger partial charge in [-0.05, 0) is 41.8 Å². The molecule has 0 fully saturated rings. The molecule has 3 aromatic carbocycles. The molecule has 0 aliphatic carbocycles. The number of hydrogen-bond acceptors (Lipinski definition) is 5. The molecular formula is C26H28N2O5S. The number of carbonyl (C=O) groups excluding carboxylic acids is 1. The van der Waals surface area contributed by atoms with Crippen LogP contribution >= 0.6 is 0 Å². The van der Waals surface area contributed by atoms with Gasteiger partial charge in [-0.25, -0.2) is 8.42 Å². The number of hydrogen-bond donors (Lipinski definition) is 1. The lowest BCUT2D eigenvalue weighted by Crippen LogP contribution is -2.51. The van der Waals surface area contributed by atoms with Crippen molar-refractivity contribution in [2.24, 2.45) is 0 Å². The van der Waals surface area contributed by atoms with E-state index in [2.05, 4.69) is 5.32 Å². The molecule has 0 aromatic heterocycles. The highest BCUT2D eigenvalue weighted by atomic mass is 32.2. The topological polar surface area (TPSA) is 84.9 Å². The molecule has 4 rings (SSSR count). The molecule has 0 saturated carbocycles. The number of carbonyl (C=O) groups is 1. The molecule has 178 valence electrons. The Balaban J connectivity index is 1.56. The highest BCUT2D eigenvalue weighted by Crippen LogP contribution is 2.36. The fourth-order valence-corrected chi connectivity index (χ4v) is 5.57. The molecule has 0 bridgehead atoms. The standard InChI is InChI=1S/C26H28N2O5S/c1-3-22(20-13-15-21(32-2)16-14-20)27-26(29)25-17-28(23-11-7-8-12-24(23)33-25)34(30,31)18-19-9-5-4-6-10-19/h4-16,22,25H,3,17-18H2,1-2H3,(H,27,29)/t22-,25+/m0/s1. The third kappa shape index (κ3) is 5.17. The maximum Gasteiger partial charge on any atom is 0.263 e. The van der Waals surface area contributed by atoms with Crippen molar-refractivity contribution in [3.05, 3.63) is 90.0 Å². The number of ether oxygens (including phenoxy) is 2. The van der Waals surface area contributed by atoms with Gasteiger partial charge in [0, 0.05) is 0 Å². The van der Waals surface area contributed by atoms with Crippen LogP contribution < -0.4 is 19.1 Å². The Hall–Kier alpha value is -3.52. The highest BCUT2D eigenvalue weighted by Gasteiger charge is 2.37. The number of benzene rings is 3. The largest absolute Gasteiger partial charge is 0.497 e. The van der Waals surface area contributed by atoms with E-state index in [1.807, 2.05) is 37.3 Å². The van der Waals surface area contributed by atoms with Gasteiger partial charge in [-0.3, -0.25) is 9.10 Å². The number of anilines is 1. The van der Waals surface area contributed by atoms with E-state index in [4.69, 9.17) is 9.47 Å². The van der Waals surface area contributed by atoms with Gasteiger partial charge in [0.25, 0.3) is 5.91 Å². The van der Waals surface area contributed by atoms with Crippen molar-refractivity contribution in [1.29, 1.82) is 0 Å². The Morgan fingerprint density at radius 1 is 1.06 bits per heavy atom. The van der Waals surface area contributed by atoms with Gasteiger partial charge in [-0.1, -0.05) is 61.5 Å². The predicted octanol–water partition coefficient (Wildman–Crippen LogP) is 4.06. The van der Waals surface area contributed by atoms with Gasteiger partial charge in [0.2, 0.25) is 10.0 Å². The first kappa shape index (κ1) is 23.6. The minimum atomic E-state index is -3.75. The second kappa shape index (κ2) is 10.2. The number of sulfonamides is 1. The van der Waals surface area contributed by atoms with E-state index in [1.165, 1.54) is 4.31 Å². The van der Waals surface area contributed by atoms with E-state index in [0.29, 0.717) is 23.4 Å². The van der Waals surface area contributed by atoms with Crippen molar-refractivity contribution < 1.29 is 22.7 Å². The number of fused-ring (bicyclic) bond motifs is 1. The van der Waals surface area contributed by atoms with Crippen LogP contribution in [0.5, 0.6) is 11.5 Å². The van der Waals surface area contributed by atoms with E-state index in [9.17, 15) is 13.2 Å². The molecule has 1 amide bonds. The number of rotatable bonds is 8. The minimum absolute atomic E-state index is 0.100. The van der Waals surface area contributed by atoms with Crippen molar-refractivity contribution in [1.82, 2.24) is 5.32 Å². The van der Waals surface area contributed by atoms with Crippen LogP contribution in [0.2, 0.25) is 0 Å². The average Bonchev–Trinajstić information content (AvgIpc) is 2.86. The first-order valence-electron chi connectivity index (χ1n) is 11.2. The summed E-state index contributed by atoms with van der Waals surface area (Å²) in [5.74, 6) is 0.566. The molecule has 0 spiro atoms. The maximum atomic E-state index is 13.4. The number of nitrogens with zero attached hydrogens (tertiary/aromatic N) is 1. The van der Waals surface area contributed by atoms with Gasteiger partial charge < -0.3 is 14.8 Å². The molecule has 8 heteroatoms. The van der Waals surface area contributed by atoms with Crippen LogP contribution in [0.3, 0.4) is 0 Å². The van der Waals surface area contributed by atoms with Gasteiger partial charge in [-0.2, -0.15) is 0 Å². The van der Waals surface area contributed by atoms with Crippen LogP contribution in [-0.2, 0) is 20.6 Å². The lowest BCUT2D eigenvalue weighted by molar-refractivity contribution is -0.128. The first-order valence-corrected chi connectivity index (χ1v) is 12.8. The second-order valence-corrected chi connectivity index (χ2v) is 9.98. The number of nitrogens with one attached hydrogen (secondary N) is 1. The molecule has 3 aromatic rings. The van der Waals surface area contributed by atoms with Crippen LogP contribution in [0, 0.1) is 0 Å². The zero-order chi connectivity index (χ0) is 24.1. The summed E-state index contributed by atoms with van der Waals surface area (Å²) in [6.07, 6.45) is -0.315. The summed E-state index contributed by atoms with van der Waals surface area (Å²) < 4.78 is 39.2. The molecule has 1 aliphatic heterocycles. The minimum Gasteiger partial charge on any atom is -0.497 e. The summed E-state index contributed by atoms with van der Waals surface area (Å²) in [4.78, 5) is 13.2. The lowest BCUT2D eigenvalue weighted by Gasteiger charge is -2.35. The molecular weight excluding hydrogens is 452 g/mol.